The minimum absolute atomic E-state index is 0.402. The van der Waals surface area contributed by atoms with Crippen molar-refractivity contribution >= 4 is 35.0 Å². The lowest BCUT2D eigenvalue weighted by Crippen LogP contribution is -2.22. The molecule has 0 aliphatic rings. The molecule has 0 saturated carbocycles. The number of anilines is 1. The van der Waals surface area contributed by atoms with Crippen LogP contribution in [0.2, 0.25) is 0 Å². The van der Waals surface area contributed by atoms with Crippen LogP contribution in [-0.2, 0) is 20.5 Å². The molecule has 162 valence electrons. The predicted octanol–water partition coefficient (Wildman–Crippen LogP) is 4.76. The van der Waals surface area contributed by atoms with Crippen LogP contribution in [0.15, 0.2) is 48.0 Å². The number of para-hydroxylation sites is 1. The highest BCUT2D eigenvalue weighted by Gasteiger charge is 2.33. The van der Waals surface area contributed by atoms with Crippen molar-refractivity contribution in [3.8, 4) is 5.13 Å². The van der Waals surface area contributed by atoms with Crippen LogP contribution in [0, 0.1) is 13.8 Å². The van der Waals surface area contributed by atoms with Gasteiger partial charge in [-0.3, -0.25) is 9.36 Å². The van der Waals surface area contributed by atoms with Gasteiger partial charge in [0.15, 0.2) is 11.7 Å². The zero-order valence-electron chi connectivity index (χ0n) is 16.6. The molecule has 0 unspecified atom stereocenters. The lowest BCUT2D eigenvalue weighted by atomic mass is 10.1. The van der Waals surface area contributed by atoms with Gasteiger partial charge in [0.05, 0.1) is 11.3 Å². The molecule has 2 aromatic heterocycles. The van der Waals surface area contributed by atoms with E-state index in [2.05, 4.69) is 10.3 Å². The van der Waals surface area contributed by atoms with E-state index < -0.39 is 35.9 Å². The summed E-state index contributed by atoms with van der Waals surface area (Å²) in [6, 6.07) is 6.44. The van der Waals surface area contributed by atoms with Gasteiger partial charge in [0.1, 0.15) is 0 Å². The van der Waals surface area contributed by atoms with Gasteiger partial charge in [-0.25, -0.2) is 9.78 Å². The van der Waals surface area contributed by atoms with Crippen molar-refractivity contribution in [2.45, 2.75) is 20.0 Å². The molecule has 1 aromatic carbocycles. The van der Waals surface area contributed by atoms with E-state index in [4.69, 9.17) is 4.74 Å². The molecule has 3 aromatic rings. The second-order valence-electron chi connectivity index (χ2n) is 6.51. The smallest absolute Gasteiger partial charge is 0.418 e. The Kier molecular flexibility index (Phi) is 6.59. The fourth-order valence-corrected chi connectivity index (χ4v) is 3.70. The number of carbonyl (C=O) groups is 2. The van der Waals surface area contributed by atoms with Crippen molar-refractivity contribution in [1.82, 2.24) is 9.55 Å². The van der Waals surface area contributed by atoms with Gasteiger partial charge in [0, 0.05) is 29.0 Å². The Bertz CT molecular complexity index is 1120. The van der Waals surface area contributed by atoms with Gasteiger partial charge in [-0.2, -0.15) is 13.2 Å². The van der Waals surface area contributed by atoms with Crippen molar-refractivity contribution in [1.29, 1.82) is 0 Å². The fourth-order valence-electron chi connectivity index (χ4n) is 2.95. The summed E-state index contributed by atoms with van der Waals surface area (Å²) < 4.78 is 45.7. The van der Waals surface area contributed by atoms with E-state index >= 15 is 0 Å². The summed E-state index contributed by atoms with van der Waals surface area (Å²) in [6.45, 7) is 3.08. The number of halogens is 3. The van der Waals surface area contributed by atoms with Crippen molar-refractivity contribution < 1.29 is 27.5 Å². The van der Waals surface area contributed by atoms with Crippen LogP contribution in [-0.4, -0.2) is 28.0 Å². The maximum Gasteiger partial charge on any atom is 0.418 e. The molecule has 0 atom stereocenters. The van der Waals surface area contributed by atoms with Crippen molar-refractivity contribution in [3.05, 3.63) is 70.5 Å². The molecule has 0 aliphatic carbocycles. The first kappa shape index (κ1) is 22.3. The van der Waals surface area contributed by atoms with Crippen LogP contribution >= 0.6 is 11.3 Å². The van der Waals surface area contributed by atoms with E-state index in [1.165, 1.54) is 23.5 Å². The first-order chi connectivity index (χ1) is 14.7. The summed E-state index contributed by atoms with van der Waals surface area (Å²) >= 11 is 1.48. The number of hydrogen-bond acceptors (Lipinski definition) is 5. The highest BCUT2D eigenvalue weighted by atomic mass is 32.1. The first-order valence-corrected chi connectivity index (χ1v) is 9.94. The van der Waals surface area contributed by atoms with Crippen LogP contribution in [0.4, 0.5) is 18.9 Å². The minimum atomic E-state index is -4.62. The average molecular weight is 449 g/mol. The van der Waals surface area contributed by atoms with Crippen LogP contribution in [0.1, 0.15) is 22.5 Å². The van der Waals surface area contributed by atoms with E-state index in [9.17, 15) is 22.8 Å². The van der Waals surface area contributed by atoms with Gasteiger partial charge in [0.2, 0.25) is 0 Å². The molecule has 3 rings (SSSR count). The molecular formula is C21H18F3N3O3S. The number of hydrogen-bond donors (Lipinski definition) is 1. The Balaban J connectivity index is 1.60. The number of carbonyl (C=O) groups excluding carboxylic acids is 2. The number of benzene rings is 1. The van der Waals surface area contributed by atoms with Gasteiger partial charge < -0.3 is 10.1 Å². The maximum atomic E-state index is 13.0. The fraction of sp³-hybridized carbons (Fsp3) is 0.190. The van der Waals surface area contributed by atoms with Crippen LogP contribution in [0.25, 0.3) is 11.2 Å². The number of alkyl halides is 3. The molecule has 6 nitrogen and oxygen atoms in total. The molecule has 0 radical (unpaired) electrons. The van der Waals surface area contributed by atoms with Crippen LogP contribution in [0.5, 0.6) is 0 Å². The van der Waals surface area contributed by atoms with E-state index in [1.807, 2.05) is 29.9 Å². The summed E-state index contributed by atoms with van der Waals surface area (Å²) in [6.07, 6.45) is -0.214. The van der Waals surface area contributed by atoms with Crippen molar-refractivity contribution in [2.24, 2.45) is 0 Å². The van der Waals surface area contributed by atoms with Crippen molar-refractivity contribution in [3.63, 3.8) is 0 Å². The summed E-state index contributed by atoms with van der Waals surface area (Å²) in [7, 11) is 0. The zero-order chi connectivity index (χ0) is 22.6. The zero-order valence-corrected chi connectivity index (χ0v) is 17.4. The summed E-state index contributed by atoms with van der Waals surface area (Å²) in [5, 5.41) is 4.77. The number of nitrogens with one attached hydrogen (secondary N) is 1. The molecular weight excluding hydrogens is 431 g/mol. The number of amides is 1. The third kappa shape index (κ3) is 5.40. The van der Waals surface area contributed by atoms with Gasteiger partial charge in [0.25, 0.3) is 5.91 Å². The molecule has 2 heterocycles. The average Bonchev–Trinajstić information content (AvgIpc) is 3.32. The summed E-state index contributed by atoms with van der Waals surface area (Å²) in [5.74, 6) is -1.67. The van der Waals surface area contributed by atoms with Gasteiger partial charge in [-0.05, 0) is 43.7 Å². The predicted molar refractivity (Wildman–Crippen MR) is 111 cm³/mol. The second kappa shape index (κ2) is 9.17. The van der Waals surface area contributed by atoms with E-state index in [1.54, 1.807) is 12.3 Å². The topological polar surface area (TPSA) is 73.2 Å². The summed E-state index contributed by atoms with van der Waals surface area (Å²) in [4.78, 5) is 28.1. The third-order valence-corrected chi connectivity index (χ3v) is 5.09. The molecule has 0 spiro atoms. The summed E-state index contributed by atoms with van der Waals surface area (Å²) in [5.41, 5.74) is 1.20. The van der Waals surface area contributed by atoms with Crippen molar-refractivity contribution in [2.75, 3.05) is 11.9 Å². The molecule has 0 aliphatic heterocycles. The third-order valence-electron chi connectivity index (χ3n) is 4.33. The van der Waals surface area contributed by atoms with Gasteiger partial charge in [-0.15, -0.1) is 11.3 Å². The first-order valence-electron chi connectivity index (χ1n) is 9.06. The van der Waals surface area contributed by atoms with E-state index in [0.717, 1.165) is 40.3 Å². The Hall–Kier alpha value is -3.40. The molecule has 0 fully saturated rings. The number of nitrogens with zero attached hydrogens (tertiary/aromatic N) is 2. The number of thiazole rings is 1. The molecule has 10 heteroatoms. The van der Waals surface area contributed by atoms with Gasteiger partial charge >= 0.3 is 12.1 Å². The number of rotatable bonds is 6. The van der Waals surface area contributed by atoms with Gasteiger partial charge in [-0.1, -0.05) is 12.1 Å². The Labute approximate surface area is 180 Å². The molecule has 0 bridgehead atoms. The standard InChI is InChI=1S/C21H18F3N3O3S/c1-13-11-15(14(2)27(13)20-25-9-10-31-20)7-8-19(29)30-12-18(28)26-17-6-4-3-5-16(17)21(22,23)24/h3-11H,12H2,1-2H3,(H,26,28)/b8-7+. The number of aryl methyl sites for hydroxylation is 1. The normalized spacial score (nSPS) is 11.6. The highest BCUT2D eigenvalue weighted by molar-refractivity contribution is 7.12. The lowest BCUT2D eigenvalue weighted by Gasteiger charge is -2.13. The second-order valence-corrected chi connectivity index (χ2v) is 7.38. The van der Waals surface area contributed by atoms with E-state index in [0.29, 0.717) is 0 Å². The number of esters is 1. The minimum Gasteiger partial charge on any atom is -0.452 e. The largest absolute Gasteiger partial charge is 0.452 e. The molecule has 31 heavy (non-hydrogen) atoms. The molecule has 1 N–H and O–H groups in total. The lowest BCUT2D eigenvalue weighted by molar-refractivity contribution is -0.142. The van der Waals surface area contributed by atoms with Crippen LogP contribution < -0.4 is 5.32 Å². The maximum absolute atomic E-state index is 13.0. The molecule has 0 saturated heterocycles. The SMILES string of the molecule is Cc1cc(/C=C/C(=O)OCC(=O)Nc2ccccc2C(F)(F)F)c(C)n1-c1nccs1. The Morgan fingerprint density at radius 2 is 2.00 bits per heavy atom. The quantitative estimate of drug-likeness (QED) is 0.435. The molecule has 1 amide bonds. The van der Waals surface area contributed by atoms with Crippen LogP contribution in [0.3, 0.4) is 0 Å². The monoisotopic (exact) mass is 449 g/mol. The Morgan fingerprint density at radius 3 is 2.68 bits per heavy atom. The number of ether oxygens (including phenoxy) is 1. The number of aromatic nitrogens is 2. The van der Waals surface area contributed by atoms with E-state index in [-0.39, 0.29) is 0 Å². The highest BCUT2D eigenvalue weighted by Crippen LogP contribution is 2.34. The Morgan fingerprint density at radius 1 is 1.26 bits per heavy atom.